The maximum absolute atomic E-state index is 3.00. The topological polar surface area (TPSA) is 15.8 Å². The molecule has 8 heavy (non-hydrogen) atoms. The molecule has 0 saturated heterocycles. The van der Waals surface area contributed by atoms with E-state index < -0.39 is 0 Å². The van der Waals surface area contributed by atoms with Gasteiger partial charge in [0.25, 0.3) is 0 Å². The first-order chi connectivity index (χ1) is 2.89. The van der Waals surface area contributed by atoms with Crippen molar-refractivity contribution in [3.8, 4) is 0 Å². The molecule has 1 heterocycles. The van der Waals surface area contributed by atoms with Crippen LogP contribution in [0.2, 0.25) is 0 Å². The SMILES string of the molecule is [I-].[I-].[Ir+2][c]1ccc[nH]1. The van der Waals surface area contributed by atoms with E-state index in [4.69, 9.17) is 0 Å². The summed E-state index contributed by atoms with van der Waals surface area (Å²) >= 11 is 2.03. The second-order valence-corrected chi connectivity index (χ2v) is 2.28. The van der Waals surface area contributed by atoms with Gasteiger partial charge >= 0.3 is 46.4 Å². The number of H-pyrrole nitrogens is 1. The number of rotatable bonds is 0. The van der Waals surface area contributed by atoms with Crippen molar-refractivity contribution < 1.29 is 66.9 Å². The molecule has 1 nitrogen and oxygen atoms in total. The van der Waals surface area contributed by atoms with Crippen molar-refractivity contribution in [3.63, 3.8) is 0 Å². The first-order valence-electron chi connectivity index (χ1n) is 1.66. The number of halogens is 2. The van der Waals surface area contributed by atoms with Crippen LogP contribution < -0.4 is 52.2 Å². The molecule has 0 unspecified atom stereocenters. The van der Waals surface area contributed by atoms with Gasteiger partial charge in [-0.05, 0) is 0 Å². The zero-order chi connectivity index (χ0) is 4.41. The summed E-state index contributed by atoms with van der Waals surface area (Å²) in [6, 6.07) is 4.01. The fraction of sp³-hybridized carbons (Fsp3) is 0. The molecule has 0 amide bonds. The first kappa shape index (κ1) is 12.1. The van der Waals surface area contributed by atoms with Crippen molar-refractivity contribution in [1.82, 2.24) is 4.98 Å². The Morgan fingerprint density at radius 3 is 2.12 bits per heavy atom. The summed E-state index contributed by atoms with van der Waals surface area (Å²) in [5, 5.41) is 0. The monoisotopic (exact) mass is 513 g/mol. The van der Waals surface area contributed by atoms with E-state index in [9.17, 15) is 0 Å². The molecule has 4 heteroatoms. The third kappa shape index (κ3) is 4.29. The van der Waals surface area contributed by atoms with E-state index in [1.807, 2.05) is 37.2 Å². The van der Waals surface area contributed by atoms with Crippen molar-refractivity contribution in [2.45, 2.75) is 0 Å². The number of aromatic amines is 1. The van der Waals surface area contributed by atoms with Gasteiger partial charge in [0, 0.05) is 0 Å². The molecule has 0 atom stereocenters. The summed E-state index contributed by atoms with van der Waals surface area (Å²) in [5.41, 5.74) is 0. The number of hydrogen-bond acceptors (Lipinski definition) is 0. The predicted molar refractivity (Wildman–Crippen MR) is 20.4 cm³/mol. The Labute approximate surface area is 93.2 Å². The Hall–Kier alpha value is 1.39. The molecule has 1 aromatic heterocycles. The maximum atomic E-state index is 3.00. The number of nitrogens with one attached hydrogen (secondary N) is 1. The molecule has 0 radical (unpaired) electrons. The second-order valence-electron chi connectivity index (χ2n) is 0.994. The van der Waals surface area contributed by atoms with E-state index >= 15 is 0 Å². The van der Waals surface area contributed by atoms with Crippen LogP contribution in [0.15, 0.2) is 18.3 Å². The van der Waals surface area contributed by atoms with Gasteiger partial charge in [0.2, 0.25) is 0 Å². The van der Waals surface area contributed by atoms with Crippen LogP contribution >= 0.6 is 0 Å². The molecular formula is C4H4I2IrN. The van der Waals surface area contributed by atoms with E-state index in [1.54, 1.807) is 0 Å². The Morgan fingerprint density at radius 2 is 2.00 bits per heavy atom. The Balaban J connectivity index is 0. The Kier molecular flexibility index (Phi) is 9.85. The van der Waals surface area contributed by atoms with Crippen LogP contribution in [-0.2, 0) is 18.9 Å². The fourth-order valence-electron chi connectivity index (χ4n) is 0.300. The van der Waals surface area contributed by atoms with Gasteiger partial charge in [-0.25, -0.2) is 0 Å². The standard InChI is InChI=1S/C4H4N.2HI.Ir/c1-2-4-5-3-1;;;/h1-3,5H;2*1H;/q;;;+2/p-2. The van der Waals surface area contributed by atoms with Crippen molar-refractivity contribution in [1.29, 1.82) is 0 Å². The Bertz CT molecular complexity index is 118. The summed E-state index contributed by atoms with van der Waals surface area (Å²) < 4.78 is 1.22. The average Bonchev–Trinajstić information content (AvgIpc) is 1.86. The summed E-state index contributed by atoms with van der Waals surface area (Å²) in [7, 11) is 0. The minimum absolute atomic E-state index is 0. The zero-order valence-corrected chi connectivity index (χ0v) is 10.5. The van der Waals surface area contributed by atoms with Gasteiger partial charge in [0.15, 0.2) is 0 Å². The van der Waals surface area contributed by atoms with Crippen LogP contribution in [0.3, 0.4) is 0 Å². The molecule has 48 valence electrons. The van der Waals surface area contributed by atoms with Gasteiger partial charge in [-0.15, -0.1) is 0 Å². The molecule has 0 saturated carbocycles. The molecular weight excluding hydrogens is 508 g/mol. The normalized spacial score (nSPS) is 6.62. The Morgan fingerprint density at radius 1 is 1.38 bits per heavy atom. The van der Waals surface area contributed by atoms with Gasteiger partial charge in [-0.2, -0.15) is 0 Å². The molecule has 1 rings (SSSR count). The number of hydrogen-bond donors (Lipinski definition) is 1. The molecule has 0 aliphatic rings. The van der Waals surface area contributed by atoms with Gasteiger partial charge in [-0.3, -0.25) is 0 Å². The van der Waals surface area contributed by atoms with Crippen molar-refractivity contribution >= 4 is 4.21 Å². The van der Waals surface area contributed by atoms with E-state index in [0.717, 1.165) is 0 Å². The van der Waals surface area contributed by atoms with Gasteiger partial charge in [-0.1, -0.05) is 0 Å². The molecule has 0 spiro atoms. The van der Waals surface area contributed by atoms with E-state index in [0.29, 0.717) is 0 Å². The summed E-state index contributed by atoms with van der Waals surface area (Å²) in [6.45, 7) is 0. The van der Waals surface area contributed by atoms with Crippen molar-refractivity contribution in [3.05, 3.63) is 18.3 Å². The first-order valence-corrected chi connectivity index (χ1v) is 2.86. The minimum atomic E-state index is 0. The van der Waals surface area contributed by atoms with Crippen molar-refractivity contribution in [2.75, 3.05) is 0 Å². The van der Waals surface area contributed by atoms with Crippen LogP contribution in [0.1, 0.15) is 0 Å². The third-order valence-electron chi connectivity index (χ3n) is 0.546. The van der Waals surface area contributed by atoms with Gasteiger partial charge in [0.05, 0.1) is 0 Å². The predicted octanol–water partition coefficient (Wildman–Crippen LogP) is -5.81. The molecule has 0 aromatic carbocycles. The van der Waals surface area contributed by atoms with Crippen LogP contribution in [0, 0.1) is 0 Å². The third-order valence-corrected chi connectivity index (χ3v) is 1.29. The van der Waals surface area contributed by atoms with Crippen LogP contribution in [0.25, 0.3) is 0 Å². The molecule has 0 bridgehead atoms. The average molecular weight is 512 g/mol. The quantitative estimate of drug-likeness (QED) is 0.334. The van der Waals surface area contributed by atoms with Gasteiger partial charge in [0.1, 0.15) is 0 Å². The molecule has 0 fully saturated rings. The molecule has 0 aliphatic heterocycles. The van der Waals surface area contributed by atoms with E-state index in [1.165, 1.54) is 4.21 Å². The molecule has 0 aliphatic carbocycles. The summed E-state index contributed by atoms with van der Waals surface area (Å²) in [4.78, 5) is 3.00. The fourth-order valence-corrected chi connectivity index (χ4v) is 0.730. The van der Waals surface area contributed by atoms with Crippen molar-refractivity contribution in [2.24, 2.45) is 0 Å². The number of aromatic nitrogens is 1. The zero-order valence-electron chi connectivity index (χ0n) is 3.82. The summed E-state index contributed by atoms with van der Waals surface area (Å²) in [6.07, 6.45) is 1.91. The van der Waals surface area contributed by atoms with E-state index in [2.05, 4.69) is 4.98 Å². The molecule has 1 N–H and O–H groups in total. The molecule has 1 aromatic rings. The summed E-state index contributed by atoms with van der Waals surface area (Å²) in [5.74, 6) is 0. The van der Waals surface area contributed by atoms with E-state index in [-0.39, 0.29) is 48.0 Å². The second kappa shape index (κ2) is 6.51. The van der Waals surface area contributed by atoms with Crippen LogP contribution in [0.4, 0.5) is 0 Å². The van der Waals surface area contributed by atoms with Crippen LogP contribution in [0.5, 0.6) is 0 Å². The van der Waals surface area contributed by atoms with Gasteiger partial charge < -0.3 is 48.0 Å². The van der Waals surface area contributed by atoms with Crippen LogP contribution in [-0.4, -0.2) is 4.98 Å².